The summed E-state index contributed by atoms with van der Waals surface area (Å²) in [6, 6.07) is 0. The van der Waals surface area contributed by atoms with E-state index in [1.54, 1.807) is 0 Å². The van der Waals surface area contributed by atoms with Crippen LogP contribution in [0.25, 0.3) is 0 Å². The summed E-state index contributed by atoms with van der Waals surface area (Å²) in [4.78, 5) is 22.7. The van der Waals surface area contributed by atoms with Crippen molar-refractivity contribution in [2.45, 2.75) is 97.1 Å². The fourth-order valence-corrected chi connectivity index (χ4v) is 2.13. The lowest BCUT2D eigenvalue weighted by molar-refractivity contribution is -0.539. The van der Waals surface area contributed by atoms with Gasteiger partial charge in [-0.3, -0.25) is 0 Å². The van der Waals surface area contributed by atoms with Crippen molar-refractivity contribution in [3.63, 3.8) is 0 Å². The van der Waals surface area contributed by atoms with E-state index < -0.39 is 5.79 Å². The van der Waals surface area contributed by atoms with Crippen molar-refractivity contribution in [3.8, 4) is 0 Å². The molecule has 1 aliphatic heterocycles. The predicted octanol–water partition coefficient (Wildman–Crippen LogP) is 4.53. The molecule has 4 nitrogen and oxygen atoms in total. The normalized spacial score (nSPS) is 26.2. The highest BCUT2D eigenvalue weighted by Crippen LogP contribution is 2.35. The molecule has 0 amide bonds. The summed E-state index contributed by atoms with van der Waals surface area (Å²) in [5, 5.41) is 0. The van der Waals surface area contributed by atoms with Gasteiger partial charge in [-0.15, -0.1) is 0 Å². The Kier molecular flexibility index (Phi) is 5.80. The predicted molar refractivity (Wildman–Crippen MR) is 74.3 cm³/mol. The lowest BCUT2D eigenvalue weighted by atomic mass is 9.94. The first-order valence-electron chi connectivity index (χ1n) is 7.48. The third-order valence-electron chi connectivity index (χ3n) is 3.43. The van der Waals surface area contributed by atoms with Crippen LogP contribution in [-0.2, 0) is 19.6 Å². The smallest absolute Gasteiger partial charge is 0.228 e. The van der Waals surface area contributed by atoms with Crippen LogP contribution in [0.4, 0.5) is 0 Å². The van der Waals surface area contributed by atoms with Crippen LogP contribution < -0.4 is 0 Å². The Morgan fingerprint density at radius 1 is 0.684 bits per heavy atom. The van der Waals surface area contributed by atoms with Crippen molar-refractivity contribution in [2.24, 2.45) is 0 Å². The molecular weight excluding hydrogens is 244 g/mol. The molecule has 0 radical (unpaired) electrons. The third kappa shape index (κ3) is 5.38. The first-order valence-corrected chi connectivity index (χ1v) is 7.48. The number of hydrogen-bond donors (Lipinski definition) is 0. The molecule has 1 rings (SSSR count). The minimum Gasteiger partial charge on any atom is -0.228 e. The molecule has 114 valence electrons. The van der Waals surface area contributed by atoms with E-state index in [1.807, 2.05) is 27.7 Å². The average Bonchev–Trinajstić information content (AvgIpc) is 2.36. The molecule has 0 bridgehead atoms. The summed E-state index contributed by atoms with van der Waals surface area (Å²) in [5.74, 6) is -0.789. The molecule has 0 N–H and O–H groups in total. The Labute approximate surface area is 117 Å². The van der Waals surface area contributed by atoms with Gasteiger partial charge in [-0.1, -0.05) is 26.7 Å². The Morgan fingerprint density at radius 2 is 1.05 bits per heavy atom. The summed E-state index contributed by atoms with van der Waals surface area (Å²) < 4.78 is 0. The zero-order valence-electron chi connectivity index (χ0n) is 13.4. The molecule has 1 saturated heterocycles. The maximum Gasteiger partial charge on any atom is 0.234 e. The van der Waals surface area contributed by atoms with E-state index in [4.69, 9.17) is 19.6 Å². The molecule has 0 saturated carbocycles. The van der Waals surface area contributed by atoms with E-state index in [1.165, 1.54) is 0 Å². The van der Waals surface area contributed by atoms with Gasteiger partial charge in [0, 0.05) is 12.8 Å². The summed E-state index contributed by atoms with van der Waals surface area (Å²) >= 11 is 0. The maximum absolute atomic E-state index is 5.69. The Hall–Kier alpha value is -0.160. The van der Waals surface area contributed by atoms with Crippen LogP contribution in [0, 0.1) is 0 Å². The molecule has 1 fully saturated rings. The van der Waals surface area contributed by atoms with Gasteiger partial charge in [-0.2, -0.15) is 9.78 Å². The van der Waals surface area contributed by atoms with Crippen molar-refractivity contribution in [2.75, 3.05) is 0 Å². The van der Waals surface area contributed by atoms with Crippen LogP contribution in [0.5, 0.6) is 0 Å². The first kappa shape index (κ1) is 16.9. The highest BCUT2D eigenvalue weighted by atomic mass is 17.3. The molecule has 0 aromatic heterocycles. The number of hydrogen-bond acceptors (Lipinski definition) is 4. The SMILES string of the molecule is CCCC1(CCC)OOC(C)(C)CCC(C)(C)OO1. The highest BCUT2D eigenvalue weighted by molar-refractivity contribution is 4.77. The second-order valence-electron chi connectivity index (χ2n) is 6.76. The van der Waals surface area contributed by atoms with E-state index in [9.17, 15) is 0 Å². The molecule has 4 heteroatoms. The van der Waals surface area contributed by atoms with Gasteiger partial charge in [0.15, 0.2) is 0 Å². The van der Waals surface area contributed by atoms with Crippen LogP contribution in [0.15, 0.2) is 0 Å². The summed E-state index contributed by atoms with van der Waals surface area (Å²) in [5.41, 5.74) is -0.665. The fraction of sp³-hybridized carbons (Fsp3) is 1.00. The largest absolute Gasteiger partial charge is 0.234 e. The molecule has 0 atom stereocenters. The molecule has 19 heavy (non-hydrogen) atoms. The fourth-order valence-electron chi connectivity index (χ4n) is 2.13. The third-order valence-corrected chi connectivity index (χ3v) is 3.43. The number of rotatable bonds is 4. The monoisotopic (exact) mass is 274 g/mol. The molecule has 0 unspecified atom stereocenters. The van der Waals surface area contributed by atoms with Gasteiger partial charge in [0.05, 0.1) is 11.2 Å². The molecule has 1 aliphatic rings. The van der Waals surface area contributed by atoms with Gasteiger partial charge in [0.25, 0.3) is 0 Å². The van der Waals surface area contributed by atoms with Gasteiger partial charge in [-0.05, 0) is 40.5 Å². The molecule has 0 aromatic rings. The van der Waals surface area contributed by atoms with E-state index >= 15 is 0 Å². The van der Waals surface area contributed by atoms with Crippen LogP contribution >= 0.6 is 0 Å². The van der Waals surface area contributed by atoms with Gasteiger partial charge in [-0.25, -0.2) is 9.78 Å². The second-order valence-corrected chi connectivity index (χ2v) is 6.76. The molecule has 0 spiro atoms. The van der Waals surface area contributed by atoms with Crippen LogP contribution in [0.2, 0.25) is 0 Å². The van der Waals surface area contributed by atoms with Crippen LogP contribution in [0.1, 0.15) is 80.1 Å². The second kappa shape index (κ2) is 6.53. The first-order chi connectivity index (χ1) is 8.74. The van der Waals surface area contributed by atoms with Crippen molar-refractivity contribution in [1.29, 1.82) is 0 Å². The maximum atomic E-state index is 5.69. The Bertz CT molecular complexity index is 245. The van der Waals surface area contributed by atoms with E-state index in [-0.39, 0.29) is 11.2 Å². The standard InChI is InChI=1S/C15H30O4/c1-7-9-15(10-8-2)18-16-13(3,4)11-12-14(5,6)17-19-15/h7-12H2,1-6H3. The Balaban J connectivity index is 2.90. The molecule has 0 aromatic carbocycles. The topological polar surface area (TPSA) is 36.9 Å². The Morgan fingerprint density at radius 3 is 1.37 bits per heavy atom. The van der Waals surface area contributed by atoms with E-state index in [2.05, 4.69) is 13.8 Å². The average molecular weight is 274 g/mol. The lowest BCUT2D eigenvalue weighted by Gasteiger charge is -2.33. The van der Waals surface area contributed by atoms with Crippen LogP contribution in [0.3, 0.4) is 0 Å². The zero-order valence-corrected chi connectivity index (χ0v) is 13.4. The zero-order chi connectivity index (χ0) is 14.6. The van der Waals surface area contributed by atoms with Crippen molar-refractivity contribution < 1.29 is 19.6 Å². The van der Waals surface area contributed by atoms with Crippen molar-refractivity contribution in [1.82, 2.24) is 0 Å². The van der Waals surface area contributed by atoms with Gasteiger partial charge in [0.2, 0.25) is 5.79 Å². The summed E-state index contributed by atoms with van der Waals surface area (Å²) in [6.07, 6.45) is 5.14. The van der Waals surface area contributed by atoms with Gasteiger partial charge < -0.3 is 0 Å². The molecule has 0 aliphatic carbocycles. The lowest BCUT2D eigenvalue weighted by Crippen LogP contribution is -2.39. The van der Waals surface area contributed by atoms with E-state index in [0.717, 1.165) is 38.5 Å². The van der Waals surface area contributed by atoms with E-state index in [0.29, 0.717) is 0 Å². The quantitative estimate of drug-likeness (QED) is 0.706. The van der Waals surface area contributed by atoms with Crippen molar-refractivity contribution >= 4 is 0 Å². The minimum atomic E-state index is -0.789. The van der Waals surface area contributed by atoms with Gasteiger partial charge >= 0.3 is 0 Å². The van der Waals surface area contributed by atoms with Crippen LogP contribution in [-0.4, -0.2) is 17.0 Å². The minimum absolute atomic E-state index is 0.332. The summed E-state index contributed by atoms with van der Waals surface area (Å²) in [7, 11) is 0. The van der Waals surface area contributed by atoms with Crippen molar-refractivity contribution in [3.05, 3.63) is 0 Å². The van der Waals surface area contributed by atoms with Gasteiger partial charge in [0.1, 0.15) is 0 Å². The molecule has 1 heterocycles. The molecular formula is C15H30O4. The highest BCUT2D eigenvalue weighted by Gasteiger charge is 2.40. The summed E-state index contributed by atoms with van der Waals surface area (Å²) in [6.45, 7) is 12.4.